The van der Waals surface area contributed by atoms with Crippen molar-refractivity contribution >= 4 is 0 Å². The fraction of sp³-hybridized carbons (Fsp3) is 0.545. The van der Waals surface area contributed by atoms with Crippen LogP contribution in [0, 0.1) is 0 Å². The molecule has 15 heavy (non-hydrogen) atoms. The quantitative estimate of drug-likeness (QED) is 0.815. The number of aromatic nitrogens is 1. The molecule has 0 bridgehead atoms. The summed E-state index contributed by atoms with van der Waals surface area (Å²) >= 11 is 0. The van der Waals surface area contributed by atoms with Gasteiger partial charge in [-0.25, -0.2) is 8.78 Å². The number of alkyl halides is 2. The van der Waals surface area contributed by atoms with Crippen molar-refractivity contribution in [3.63, 3.8) is 0 Å². The van der Waals surface area contributed by atoms with Crippen LogP contribution in [0.1, 0.15) is 42.9 Å². The molecule has 1 saturated heterocycles. The molecular weight excluding hydrogens is 198 g/mol. The fourth-order valence-corrected chi connectivity index (χ4v) is 1.92. The molecule has 1 N–H and O–H groups in total. The highest BCUT2D eigenvalue weighted by Crippen LogP contribution is 2.25. The van der Waals surface area contributed by atoms with Gasteiger partial charge in [0.2, 0.25) is 0 Å². The monoisotopic (exact) mass is 212 g/mol. The number of hydrogen-bond acceptors (Lipinski definition) is 2. The van der Waals surface area contributed by atoms with E-state index >= 15 is 0 Å². The predicted molar refractivity (Wildman–Crippen MR) is 53.8 cm³/mol. The lowest BCUT2D eigenvalue weighted by Gasteiger charge is -2.23. The third-order valence-electron chi connectivity index (χ3n) is 2.75. The Kier molecular flexibility index (Phi) is 3.26. The molecule has 0 saturated carbocycles. The molecule has 0 radical (unpaired) electrons. The molecule has 0 aliphatic carbocycles. The zero-order chi connectivity index (χ0) is 10.7. The normalized spacial score (nSPS) is 21.9. The first-order valence-corrected chi connectivity index (χ1v) is 5.24. The molecule has 1 aliphatic heterocycles. The molecule has 2 heterocycles. The Balaban J connectivity index is 2.16. The average molecular weight is 212 g/mol. The van der Waals surface area contributed by atoms with Gasteiger partial charge in [-0.1, -0.05) is 6.42 Å². The molecule has 1 unspecified atom stereocenters. The van der Waals surface area contributed by atoms with Crippen LogP contribution >= 0.6 is 0 Å². The van der Waals surface area contributed by atoms with Crippen LogP contribution in [0.3, 0.4) is 0 Å². The number of pyridine rings is 1. The van der Waals surface area contributed by atoms with Crippen molar-refractivity contribution in [2.75, 3.05) is 6.54 Å². The number of halogens is 2. The van der Waals surface area contributed by atoms with E-state index in [1.165, 1.54) is 12.6 Å². The van der Waals surface area contributed by atoms with Gasteiger partial charge in [0, 0.05) is 24.0 Å². The molecule has 1 aliphatic rings. The molecule has 1 aromatic rings. The minimum absolute atomic E-state index is 0.0138. The van der Waals surface area contributed by atoms with Crippen LogP contribution in [0.25, 0.3) is 0 Å². The lowest BCUT2D eigenvalue weighted by molar-refractivity contribution is 0.150. The van der Waals surface area contributed by atoms with Crippen molar-refractivity contribution < 1.29 is 8.78 Å². The van der Waals surface area contributed by atoms with E-state index in [2.05, 4.69) is 10.3 Å². The van der Waals surface area contributed by atoms with Gasteiger partial charge in [-0.05, 0) is 31.0 Å². The summed E-state index contributed by atoms with van der Waals surface area (Å²) in [6.07, 6.45) is 3.80. The third kappa shape index (κ3) is 2.50. The maximum absolute atomic E-state index is 12.5. The average Bonchev–Trinajstić information content (AvgIpc) is 2.30. The Bertz CT molecular complexity index is 322. The topological polar surface area (TPSA) is 24.9 Å². The minimum Gasteiger partial charge on any atom is -0.310 e. The van der Waals surface area contributed by atoms with Gasteiger partial charge in [-0.15, -0.1) is 0 Å². The Morgan fingerprint density at radius 3 is 2.87 bits per heavy atom. The zero-order valence-electron chi connectivity index (χ0n) is 8.42. The first kappa shape index (κ1) is 10.5. The van der Waals surface area contributed by atoms with Crippen LogP contribution in [-0.4, -0.2) is 11.5 Å². The molecule has 1 aromatic heterocycles. The van der Waals surface area contributed by atoms with Gasteiger partial charge in [-0.2, -0.15) is 0 Å². The minimum atomic E-state index is -2.43. The van der Waals surface area contributed by atoms with E-state index in [0.29, 0.717) is 0 Å². The van der Waals surface area contributed by atoms with E-state index in [9.17, 15) is 8.78 Å². The summed E-state index contributed by atoms with van der Waals surface area (Å²) in [5.74, 6) is 0. The van der Waals surface area contributed by atoms with Crippen LogP contribution in [0.5, 0.6) is 0 Å². The second-order valence-corrected chi connectivity index (χ2v) is 3.85. The van der Waals surface area contributed by atoms with Gasteiger partial charge in [-0.3, -0.25) is 4.98 Å². The lowest BCUT2D eigenvalue weighted by Crippen LogP contribution is -2.26. The van der Waals surface area contributed by atoms with E-state index in [0.717, 1.165) is 24.9 Å². The molecule has 1 atom stereocenters. The maximum Gasteiger partial charge on any atom is 0.265 e. The second-order valence-electron chi connectivity index (χ2n) is 3.85. The van der Waals surface area contributed by atoms with Gasteiger partial charge in [0.1, 0.15) is 0 Å². The summed E-state index contributed by atoms with van der Waals surface area (Å²) in [5.41, 5.74) is 0.896. The molecule has 82 valence electrons. The second kappa shape index (κ2) is 4.66. The first-order chi connectivity index (χ1) is 7.27. The molecule has 0 amide bonds. The van der Waals surface area contributed by atoms with Crippen molar-refractivity contribution in [2.24, 2.45) is 0 Å². The van der Waals surface area contributed by atoms with E-state index in [1.807, 2.05) is 0 Å². The van der Waals surface area contributed by atoms with Crippen molar-refractivity contribution in [1.29, 1.82) is 0 Å². The van der Waals surface area contributed by atoms with E-state index in [1.54, 1.807) is 12.3 Å². The number of piperidine rings is 1. The maximum atomic E-state index is 12.5. The van der Waals surface area contributed by atoms with Crippen molar-refractivity contribution in [1.82, 2.24) is 10.3 Å². The van der Waals surface area contributed by atoms with Gasteiger partial charge in [0.15, 0.2) is 0 Å². The van der Waals surface area contributed by atoms with Gasteiger partial charge < -0.3 is 5.32 Å². The third-order valence-corrected chi connectivity index (χ3v) is 2.75. The Morgan fingerprint density at radius 2 is 2.20 bits per heavy atom. The Hall–Kier alpha value is -1.03. The molecule has 2 rings (SSSR count). The van der Waals surface area contributed by atoms with E-state index in [-0.39, 0.29) is 11.6 Å². The smallest absolute Gasteiger partial charge is 0.265 e. The van der Waals surface area contributed by atoms with Crippen LogP contribution in [0.4, 0.5) is 8.78 Å². The Labute approximate surface area is 87.7 Å². The highest BCUT2D eigenvalue weighted by Gasteiger charge is 2.16. The van der Waals surface area contributed by atoms with Crippen molar-refractivity contribution in [2.45, 2.75) is 31.7 Å². The number of nitrogens with one attached hydrogen (secondary N) is 1. The van der Waals surface area contributed by atoms with Crippen LogP contribution in [0.2, 0.25) is 0 Å². The summed E-state index contributed by atoms with van der Waals surface area (Å²) < 4.78 is 24.9. The van der Waals surface area contributed by atoms with Gasteiger partial charge in [0.25, 0.3) is 6.43 Å². The van der Waals surface area contributed by atoms with Gasteiger partial charge in [0.05, 0.1) is 0 Å². The molecule has 0 aromatic carbocycles. The zero-order valence-corrected chi connectivity index (χ0v) is 8.42. The van der Waals surface area contributed by atoms with Crippen LogP contribution in [0.15, 0.2) is 18.5 Å². The summed E-state index contributed by atoms with van der Waals surface area (Å²) in [7, 11) is 0. The first-order valence-electron chi connectivity index (χ1n) is 5.24. The van der Waals surface area contributed by atoms with E-state index < -0.39 is 6.43 Å². The highest BCUT2D eigenvalue weighted by molar-refractivity contribution is 5.22. The molecule has 0 spiro atoms. The number of hydrogen-bond donors (Lipinski definition) is 1. The summed E-state index contributed by atoms with van der Waals surface area (Å²) in [6, 6.07) is 1.76. The molecular formula is C11H14F2N2. The fourth-order valence-electron chi connectivity index (χ4n) is 1.92. The summed E-state index contributed by atoms with van der Waals surface area (Å²) in [5, 5.41) is 3.32. The Morgan fingerprint density at radius 1 is 1.33 bits per heavy atom. The SMILES string of the molecule is FC(F)c1cncc(C2CCCCN2)c1. The summed E-state index contributed by atoms with van der Waals surface area (Å²) in [6.45, 7) is 0.962. The van der Waals surface area contributed by atoms with E-state index in [4.69, 9.17) is 0 Å². The largest absolute Gasteiger partial charge is 0.310 e. The molecule has 2 nitrogen and oxygen atoms in total. The van der Waals surface area contributed by atoms with Crippen molar-refractivity contribution in [3.8, 4) is 0 Å². The number of rotatable bonds is 2. The summed E-state index contributed by atoms with van der Waals surface area (Å²) in [4.78, 5) is 3.86. The highest BCUT2D eigenvalue weighted by atomic mass is 19.3. The number of nitrogens with zero attached hydrogens (tertiary/aromatic N) is 1. The van der Waals surface area contributed by atoms with Crippen LogP contribution in [-0.2, 0) is 0 Å². The molecule has 1 fully saturated rings. The molecule has 4 heteroatoms. The standard InChI is InChI=1S/C11H14F2N2/c12-11(13)9-5-8(6-14-7-9)10-3-1-2-4-15-10/h5-7,10-11,15H,1-4H2. The lowest BCUT2D eigenvalue weighted by atomic mass is 9.98. The van der Waals surface area contributed by atoms with Gasteiger partial charge >= 0.3 is 0 Å². The van der Waals surface area contributed by atoms with Crippen molar-refractivity contribution in [3.05, 3.63) is 29.6 Å². The van der Waals surface area contributed by atoms with Crippen LogP contribution < -0.4 is 5.32 Å². The predicted octanol–water partition coefficient (Wildman–Crippen LogP) is 2.83.